The average Bonchev–Trinajstić information content (AvgIpc) is 3.36. The summed E-state index contributed by atoms with van der Waals surface area (Å²) in [5.41, 5.74) is 2.22. The number of nitrogens with one attached hydrogen (secondary N) is 1. The Kier molecular flexibility index (Phi) is 5.33. The zero-order valence-corrected chi connectivity index (χ0v) is 15.7. The summed E-state index contributed by atoms with van der Waals surface area (Å²) >= 11 is 0. The Morgan fingerprint density at radius 1 is 1.10 bits per heavy atom. The monoisotopic (exact) mass is 394 g/mol. The number of halogens is 1. The second-order valence-electron chi connectivity index (χ2n) is 6.72. The van der Waals surface area contributed by atoms with Gasteiger partial charge in [0, 0.05) is 18.5 Å². The van der Waals surface area contributed by atoms with Gasteiger partial charge in [0.15, 0.2) is 0 Å². The lowest BCUT2D eigenvalue weighted by atomic mass is 9.94. The molecule has 4 rings (SSSR count). The summed E-state index contributed by atoms with van der Waals surface area (Å²) in [7, 11) is 0. The van der Waals surface area contributed by atoms with Crippen molar-refractivity contribution >= 4 is 11.6 Å². The molecular formula is C21H19FN4O3. The summed E-state index contributed by atoms with van der Waals surface area (Å²) in [5.74, 6) is 0.0891. The quantitative estimate of drug-likeness (QED) is 0.694. The van der Waals surface area contributed by atoms with Gasteiger partial charge in [-0.1, -0.05) is 59.7 Å². The van der Waals surface area contributed by atoms with Crippen molar-refractivity contribution in [2.24, 2.45) is 11.1 Å². The van der Waals surface area contributed by atoms with Gasteiger partial charge in [-0.15, -0.1) is 0 Å². The molecule has 1 aromatic heterocycles. The zero-order chi connectivity index (χ0) is 20.2. The molecule has 8 heteroatoms. The van der Waals surface area contributed by atoms with Crippen LogP contribution in [0.1, 0.15) is 18.4 Å². The zero-order valence-electron chi connectivity index (χ0n) is 15.7. The van der Waals surface area contributed by atoms with Crippen LogP contribution in [-0.2, 0) is 16.1 Å². The van der Waals surface area contributed by atoms with Crippen molar-refractivity contribution < 1.29 is 18.5 Å². The molecule has 1 aliphatic heterocycles. The second-order valence-corrected chi connectivity index (χ2v) is 6.72. The number of amides is 1. The normalized spacial score (nSPS) is 18.2. The van der Waals surface area contributed by atoms with Crippen molar-refractivity contribution in [3.05, 3.63) is 71.9 Å². The maximum absolute atomic E-state index is 13.1. The van der Waals surface area contributed by atoms with Crippen LogP contribution in [0.2, 0.25) is 0 Å². The molecule has 1 N–H and O–H groups in total. The molecule has 0 saturated heterocycles. The Labute approximate surface area is 166 Å². The first kappa shape index (κ1) is 18.8. The van der Waals surface area contributed by atoms with Crippen molar-refractivity contribution in [3.63, 3.8) is 0 Å². The Bertz CT molecular complexity index is 1020. The largest absolute Gasteiger partial charge is 0.381 e. The smallest absolute Gasteiger partial charge is 0.264 e. The van der Waals surface area contributed by atoms with Gasteiger partial charge in [0.2, 0.25) is 17.8 Å². The van der Waals surface area contributed by atoms with E-state index in [1.54, 1.807) is 12.1 Å². The van der Waals surface area contributed by atoms with Gasteiger partial charge in [0.1, 0.15) is 5.82 Å². The van der Waals surface area contributed by atoms with Crippen LogP contribution in [0.5, 0.6) is 0 Å². The molecule has 7 nitrogen and oxygen atoms in total. The molecule has 2 heterocycles. The lowest BCUT2D eigenvalue weighted by Crippen LogP contribution is -2.40. The van der Waals surface area contributed by atoms with Crippen LogP contribution in [0.4, 0.5) is 4.39 Å². The van der Waals surface area contributed by atoms with Crippen molar-refractivity contribution in [3.8, 4) is 11.4 Å². The van der Waals surface area contributed by atoms with Gasteiger partial charge in [0.05, 0.1) is 11.6 Å². The predicted molar refractivity (Wildman–Crippen MR) is 103 cm³/mol. The molecular weight excluding hydrogens is 375 g/mol. The van der Waals surface area contributed by atoms with Crippen LogP contribution in [0, 0.1) is 11.7 Å². The van der Waals surface area contributed by atoms with Crippen LogP contribution >= 0.6 is 0 Å². The summed E-state index contributed by atoms with van der Waals surface area (Å²) in [6, 6.07) is 15.5. The standard InChI is InChI=1S/C21H19FN4O3/c1-13-18(14-7-9-16(22)10-8-14)25-29-19(13)21(27)23-12-11-17-24-20(26-28-17)15-5-3-2-4-6-15/h2-10,13,19H,11-12H2,1H3,(H,23,27)/t13-,19+/m1/s1. The number of benzene rings is 2. The highest BCUT2D eigenvalue weighted by Crippen LogP contribution is 2.23. The van der Waals surface area contributed by atoms with E-state index < -0.39 is 6.10 Å². The van der Waals surface area contributed by atoms with Gasteiger partial charge in [0.25, 0.3) is 5.91 Å². The number of hydrogen-bond acceptors (Lipinski definition) is 6. The SMILES string of the molecule is C[C@@H]1C(c2ccc(F)cc2)=NO[C@@H]1C(=O)NCCc1nc(-c2ccccc2)no1. The fourth-order valence-corrected chi connectivity index (χ4v) is 3.10. The molecule has 0 aliphatic carbocycles. The number of oxime groups is 1. The van der Waals surface area contributed by atoms with Crippen molar-refractivity contribution in [1.82, 2.24) is 15.5 Å². The molecule has 1 aliphatic rings. The van der Waals surface area contributed by atoms with Gasteiger partial charge in [-0.3, -0.25) is 4.79 Å². The first-order valence-electron chi connectivity index (χ1n) is 9.27. The van der Waals surface area contributed by atoms with E-state index in [0.29, 0.717) is 30.4 Å². The summed E-state index contributed by atoms with van der Waals surface area (Å²) in [6.45, 7) is 2.18. The van der Waals surface area contributed by atoms with Gasteiger partial charge >= 0.3 is 0 Å². The minimum Gasteiger partial charge on any atom is -0.381 e. The van der Waals surface area contributed by atoms with Crippen molar-refractivity contribution in [2.75, 3.05) is 6.54 Å². The van der Waals surface area contributed by atoms with E-state index in [4.69, 9.17) is 9.36 Å². The molecule has 29 heavy (non-hydrogen) atoms. The van der Waals surface area contributed by atoms with E-state index in [2.05, 4.69) is 20.6 Å². The number of carbonyl (C=O) groups is 1. The number of hydrogen-bond donors (Lipinski definition) is 1. The highest BCUT2D eigenvalue weighted by molar-refractivity contribution is 6.05. The molecule has 3 aromatic rings. The van der Waals surface area contributed by atoms with Crippen LogP contribution in [0.25, 0.3) is 11.4 Å². The summed E-state index contributed by atoms with van der Waals surface area (Å²) < 4.78 is 18.3. The highest BCUT2D eigenvalue weighted by Gasteiger charge is 2.36. The molecule has 2 aromatic carbocycles. The molecule has 0 saturated carbocycles. The second kappa shape index (κ2) is 8.22. The molecule has 2 atom stereocenters. The number of rotatable bonds is 6. The van der Waals surface area contributed by atoms with Gasteiger partial charge in [-0.05, 0) is 17.7 Å². The highest BCUT2D eigenvalue weighted by atomic mass is 19.1. The molecule has 0 fully saturated rings. The fraction of sp³-hybridized carbons (Fsp3) is 0.238. The first-order chi connectivity index (χ1) is 14.1. The number of aromatic nitrogens is 2. The summed E-state index contributed by atoms with van der Waals surface area (Å²) in [4.78, 5) is 22.1. The van der Waals surface area contributed by atoms with Gasteiger partial charge < -0.3 is 14.7 Å². The minimum atomic E-state index is -0.738. The van der Waals surface area contributed by atoms with Crippen LogP contribution in [0.15, 0.2) is 64.3 Å². The first-order valence-corrected chi connectivity index (χ1v) is 9.27. The van der Waals surface area contributed by atoms with Gasteiger partial charge in [-0.25, -0.2) is 4.39 Å². The topological polar surface area (TPSA) is 89.6 Å². The maximum Gasteiger partial charge on any atom is 0.264 e. The molecule has 148 valence electrons. The average molecular weight is 394 g/mol. The minimum absolute atomic E-state index is 0.256. The Morgan fingerprint density at radius 3 is 2.62 bits per heavy atom. The molecule has 0 radical (unpaired) electrons. The van der Waals surface area contributed by atoms with Crippen LogP contribution < -0.4 is 5.32 Å². The lowest BCUT2D eigenvalue weighted by molar-refractivity contribution is -0.132. The number of nitrogens with zero attached hydrogens (tertiary/aromatic N) is 3. The van der Waals surface area contributed by atoms with Crippen molar-refractivity contribution in [1.29, 1.82) is 0 Å². The Morgan fingerprint density at radius 2 is 1.86 bits per heavy atom. The predicted octanol–water partition coefficient (Wildman–Crippen LogP) is 2.97. The van der Waals surface area contributed by atoms with E-state index in [-0.39, 0.29) is 17.6 Å². The van der Waals surface area contributed by atoms with Gasteiger partial charge in [-0.2, -0.15) is 4.98 Å². The summed E-state index contributed by atoms with van der Waals surface area (Å²) in [6.07, 6.45) is -0.337. The van der Waals surface area contributed by atoms with Crippen molar-refractivity contribution in [2.45, 2.75) is 19.4 Å². The van der Waals surface area contributed by atoms with E-state index in [9.17, 15) is 9.18 Å². The lowest BCUT2D eigenvalue weighted by Gasteiger charge is -2.14. The van der Waals surface area contributed by atoms with E-state index in [1.165, 1.54) is 12.1 Å². The number of carbonyl (C=O) groups excluding carboxylic acids is 1. The van der Waals surface area contributed by atoms with Crippen LogP contribution in [-0.4, -0.2) is 34.4 Å². The third-order valence-corrected chi connectivity index (χ3v) is 4.69. The van der Waals surface area contributed by atoms with E-state index in [0.717, 1.165) is 11.1 Å². The fourth-order valence-electron chi connectivity index (χ4n) is 3.10. The molecule has 0 spiro atoms. The third-order valence-electron chi connectivity index (χ3n) is 4.69. The molecule has 0 bridgehead atoms. The van der Waals surface area contributed by atoms with E-state index in [1.807, 2.05) is 37.3 Å². The molecule has 0 unspecified atom stereocenters. The van der Waals surface area contributed by atoms with E-state index >= 15 is 0 Å². The maximum atomic E-state index is 13.1. The Balaban J connectivity index is 1.29. The van der Waals surface area contributed by atoms with Crippen LogP contribution in [0.3, 0.4) is 0 Å². The summed E-state index contributed by atoms with van der Waals surface area (Å²) in [5, 5.41) is 10.8. The Hall–Kier alpha value is -3.55. The molecule has 1 amide bonds. The third kappa shape index (κ3) is 4.16.